The van der Waals surface area contributed by atoms with Gasteiger partial charge in [0.05, 0.1) is 12.3 Å². The number of nitrogens with one attached hydrogen (secondary N) is 1. The summed E-state index contributed by atoms with van der Waals surface area (Å²) in [6.45, 7) is 3.15. The molecule has 0 fully saturated rings. The van der Waals surface area contributed by atoms with E-state index in [0.717, 1.165) is 4.31 Å². The average Bonchev–Trinajstić information content (AvgIpc) is 2.25. The van der Waals surface area contributed by atoms with Crippen LogP contribution in [0.25, 0.3) is 0 Å². The van der Waals surface area contributed by atoms with Gasteiger partial charge in [-0.15, -0.1) is 0 Å². The van der Waals surface area contributed by atoms with Crippen molar-refractivity contribution in [2.24, 2.45) is 5.92 Å². The highest BCUT2D eigenvalue weighted by molar-refractivity contribution is 7.89. The van der Waals surface area contributed by atoms with Crippen molar-refractivity contribution in [2.75, 3.05) is 25.9 Å². The summed E-state index contributed by atoms with van der Waals surface area (Å²) in [4.78, 5) is 21.8. The molecule has 0 aromatic rings. The molecule has 7 nitrogen and oxygen atoms in total. The number of rotatable bonds is 8. The van der Waals surface area contributed by atoms with E-state index in [1.54, 1.807) is 6.92 Å². The fraction of sp³-hybridized carbons (Fsp3) is 0.800. The lowest BCUT2D eigenvalue weighted by Crippen LogP contribution is -2.40. The van der Waals surface area contributed by atoms with Crippen LogP contribution in [0.3, 0.4) is 0 Å². The first-order valence-corrected chi connectivity index (χ1v) is 7.22. The van der Waals surface area contributed by atoms with Gasteiger partial charge in [0.2, 0.25) is 15.9 Å². The van der Waals surface area contributed by atoms with Gasteiger partial charge in [0.25, 0.3) is 0 Å². The van der Waals surface area contributed by atoms with Gasteiger partial charge in [-0.25, -0.2) is 8.42 Å². The number of carboxylic acids is 1. The van der Waals surface area contributed by atoms with Crippen LogP contribution in [0, 0.1) is 5.92 Å². The highest BCUT2D eigenvalue weighted by atomic mass is 32.2. The summed E-state index contributed by atoms with van der Waals surface area (Å²) < 4.78 is 23.7. The van der Waals surface area contributed by atoms with Crippen molar-refractivity contribution in [2.45, 2.75) is 20.3 Å². The Hall–Kier alpha value is -1.15. The molecule has 1 unspecified atom stereocenters. The molecule has 0 saturated heterocycles. The zero-order valence-electron chi connectivity index (χ0n) is 10.8. The van der Waals surface area contributed by atoms with Crippen LogP contribution in [0.2, 0.25) is 0 Å². The standard InChI is InChI=1S/C10H20N2O5S/c1-4-18(16,17)12(3)7-9(13)11-6-8(2)5-10(14)15/h8H,4-7H2,1-3H3,(H,11,13)(H,14,15). The summed E-state index contributed by atoms with van der Waals surface area (Å²) in [7, 11) is -2.04. The lowest BCUT2D eigenvalue weighted by Gasteiger charge is -2.16. The summed E-state index contributed by atoms with van der Waals surface area (Å²) in [5, 5.41) is 11.0. The topological polar surface area (TPSA) is 104 Å². The Labute approximate surface area is 107 Å². The van der Waals surface area contributed by atoms with Crippen molar-refractivity contribution >= 4 is 21.9 Å². The van der Waals surface area contributed by atoms with Crippen LogP contribution in [0.15, 0.2) is 0 Å². The first-order valence-electron chi connectivity index (χ1n) is 5.61. The molecule has 0 saturated carbocycles. The van der Waals surface area contributed by atoms with Gasteiger partial charge in [-0.3, -0.25) is 9.59 Å². The quantitative estimate of drug-likeness (QED) is 0.623. The Kier molecular flexibility index (Phi) is 6.85. The molecule has 0 aromatic heterocycles. The number of amides is 1. The monoisotopic (exact) mass is 280 g/mol. The first-order chi connectivity index (χ1) is 8.19. The Morgan fingerprint density at radius 3 is 2.39 bits per heavy atom. The van der Waals surface area contributed by atoms with Gasteiger partial charge in [0.1, 0.15) is 0 Å². The van der Waals surface area contributed by atoms with Crippen LogP contribution < -0.4 is 5.32 Å². The maximum atomic E-state index is 11.4. The smallest absolute Gasteiger partial charge is 0.303 e. The van der Waals surface area contributed by atoms with Crippen LogP contribution in [0.4, 0.5) is 0 Å². The van der Waals surface area contributed by atoms with Crippen molar-refractivity contribution in [3.05, 3.63) is 0 Å². The van der Waals surface area contributed by atoms with Gasteiger partial charge >= 0.3 is 5.97 Å². The number of carbonyl (C=O) groups is 2. The highest BCUT2D eigenvalue weighted by Crippen LogP contribution is 2.00. The van der Waals surface area contributed by atoms with Gasteiger partial charge in [0.15, 0.2) is 0 Å². The van der Waals surface area contributed by atoms with Gasteiger partial charge in [0, 0.05) is 20.0 Å². The van der Waals surface area contributed by atoms with Gasteiger partial charge in [-0.05, 0) is 12.8 Å². The third-order valence-electron chi connectivity index (χ3n) is 2.38. The minimum atomic E-state index is -3.37. The molecule has 0 aromatic carbocycles. The molecule has 2 N–H and O–H groups in total. The molecule has 0 aliphatic heterocycles. The summed E-state index contributed by atoms with van der Waals surface area (Å²) >= 11 is 0. The maximum absolute atomic E-state index is 11.4. The molecule has 106 valence electrons. The molecule has 0 spiro atoms. The van der Waals surface area contributed by atoms with E-state index in [0.29, 0.717) is 0 Å². The van der Waals surface area contributed by atoms with E-state index < -0.39 is 21.9 Å². The molecule has 0 bridgehead atoms. The number of carboxylic acid groups (broad SMARTS) is 1. The first kappa shape index (κ1) is 16.9. The zero-order chi connectivity index (χ0) is 14.3. The molecule has 0 rings (SSSR count). The predicted octanol–water partition coefficient (Wildman–Crippen LogP) is -0.505. The number of nitrogens with zero attached hydrogens (tertiary/aromatic N) is 1. The van der Waals surface area contributed by atoms with Gasteiger partial charge in [-0.2, -0.15) is 4.31 Å². The second-order valence-electron chi connectivity index (χ2n) is 4.16. The van der Waals surface area contributed by atoms with E-state index in [2.05, 4.69) is 5.32 Å². The van der Waals surface area contributed by atoms with E-state index >= 15 is 0 Å². The maximum Gasteiger partial charge on any atom is 0.303 e. The van der Waals surface area contributed by atoms with Crippen LogP contribution in [-0.2, 0) is 19.6 Å². The Balaban J connectivity index is 4.10. The van der Waals surface area contributed by atoms with Gasteiger partial charge < -0.3 is 10.4 Å². The number of hydrogen-bond acceptors (Lipinski definition) is 4. The zero-order valence-corrected chi connectivity index (χ0v) is 11.7. The van der Waals surface area contributed by atoms with E-state index in [1.807, 2.05) is 0 Å². The van der Waals surface area contributed by atoms with Crippen LogP contribution in [0.5, 0.6) is 0 Å². The molecular formula is C10H20N2O5S. The molecular weight excluding hydrogens is 260 g/mol. The minimum absolute atomic E-state index is 0.0383. The summed E-state index contributed by atoms with van der Waals surface area (Å²) in [6.07, 6.45) is -0.0383. The Bertz CT molecular complexity index is 393. The highest BCUT2D eigenvalue weighted by Gasteiger charge is 2.18. The van der Waals surface area contributed by atoms with Crippen molar-refractivity contribution in [3.63, 3.8) is 0 Å². The minimum Gasteiger partial charge on any atom is -0.481 e. The largest absolute Gasteiger partial charge is 0.481 e. The molecule has 8 heteroatoms. The van der Waals surface area contributed by atoms with Crippen molar-refractivity contribution in [1.29, 1.82) is 0 Å². The number of carbonyl (C=O) groups excluding carboxylic acids is 1. The number of hydrogen-bond donors (Lipinski definition) is 2. The Morgan fingerprint density at radius 2 is 1.94 bits per heavy atom. The summed E-state index contributed by atoms with van der Waals surface area (Å²) in [5.74, 6) is -1.62. The predicted molar refractivity (Wildman–Crippen MR) is 66.5 cm³/mol. The lowest BCUT2D eigenvalue weighted by molar-refractivity contribution is -0.138. The molecule has 0 heterocycles. The number of likely N-dealkylation sites (N-methyl/N-ethyl adjacent to an activating group) is 1. The second-order valence-corrected chi connectivity index (χ2v) is 6.53. The normalized spacial score (nSPS) is 13.3. The van der Waals surface area contributed by atoms with Crippen LogP contribution in [-0.4, -0.2) is 55.6 Å². The molecule has 1 amide bonds. The van der Waals surface area contributed by atoms with Crippen molar-refractivity contribution < 1.29 is 23.1 Å². The summed E-state index contributed by atoms with van der Waals surface area (Å²) in [5.41, 5.74) is 0. The van der Waals surface area contributed by atoms with Gasteiger partial charge in [-0.1, -0.05) is 6.92 Å². The SMILES string of the molecule is CCS(=O)(=O)N(C)CC(=O)NCC(C)CC(=O)O. The lowest BCUT2D eigenvalue weighted by atomic mass is 10.1. The Morgan fingerprint density at radius 1 is 1.39 bits per heavy atom. The van der Waals surface area contributed by atoms with E-state index in [9.17, 15) is 18.0 Å². The second kappa shape index (κ2) is 7.32. The average molecular weight is 280 g/mol. The van der Waals surface area contributed by atoms with Crippen LogP contribution >= 0.6 is 0 Å². The van der Waals surface area contributed by atoms with Crippen molar-refractivity contribution in [1.82, 2.24) is 9.62 Å². The molecule has 0 radical (unpaired) electrons. The molecule has 0 aliphatic carbocycles. The van der Waals surface area contributed by atoms with Crippen LogP contribution in [0.1, 0.15) is 20.3 Å². The third-order valence-corrected chi connectivity index (χ3v) is 4.19. The molecule has 1 atom stereocenters. The number of sulfonamides is 1. The fourth-order valence-electron chi connectivity index (χ4n) is 1.24. The molecule has 18 heavy (non-hydrogen) atoms. The number of aliphatic carboxylic acids is 1. The summed E-state index contributed by atoms with van der Waals surface area (Å²) in [6, 6.07) is 0. The third kappa shape index (κ3) is 6.55. The van der Waals surface area contributed by atoms with E-state index in [1.165, 1.54) is 14.0 Å². The fourth-order valence-corrected chi connectivity index (χ4v) is 1.99. The van der Waals surface area contributed by atoms with Crippen molar-refractivity contribution in [3.8, 4) is 0 Å². The van der Waals surface area contributed by atoms with E-state index in [-0.39, 0.29) is 31.2 Å². The van der Waals surface area contributed by atoms with E-state index in [4.69, 9.17) is 5.11 Å². The molecule has 0 aliphatic rings.